The molecular formula is C13H19ClFNO2. The predicted octanol–water partition coefficient (Wildman–Crippen LogP) is 2.62. The average molecular weight is 276 g/mol. The largest absolute Gasteiger partial charge is 0.382 e. The molecule has 0 aliphatic heterocycles. The van der Waals surface area contributed by atoms with E-state index in [-0.39, 0.29) is 5.82 Å². The summed E-state index contributed by atoms with van der Waals surface area (Å²) in [7, 11) is 1.65. The molecule has 3 nitrogen and oxygen atoms in total. The van der Waals surface area contributed by atoms with E-state index in [2.05, 4.69) is 5.32 Å². The van der Waals surface area contributed by atoms with Crippen LogP contribution in [0, 0.1) is 5.82 Å². The Morgan fingerprint density at radius 3 is 2.78 bits per heavy atom. The molecule has 0 fully saturated rings. The molecule has 0 radical (unpaired) electrons. The van der Waals surface area contributed by atoms with Crippen molar-refractivity contribution in [3.8, 4) is 0 Å². The summed E-state index contributed by atoms with van der Waals surface area (Å²) in [5.41, 5.74) is 0.848. The number of hydrogen-bond donors (Lipinski definition) is 1. The molecule has 1 aromatic rings. The molecule has 18 heavy (non-hydrogen) atoms. The summed E-state index contributed by atoms with van der Waals surface area (Å²) in [5, 5.41) is 3.64. The Kier molecular flexibility index (Phi) is 7.93. The minimum Gasteiger partial charge on any atom is -0.382 e. The van der Waals surface area contributed by atoms with Crippen molar-refractivity contribution in [2.75, 3.05) is 33.5 Å². The van der Waals surface area contributed by atoms with Crippen molar-refractivity contribution >= 4 is 11.6 Å². The van der Waals surface area contributed by atoms with Crippen LogP contribution in [0.5, 0.6) is 0 Å². The molecule has 5 heteroatoms. The third-order valence-electron chi connectivity index (χ3n) is 2.33. The first-order chi connectivity index (χ1) is 8.72. The van der Waals surface area contributed by atoms with Gasteiger partial charge in [-0.25, -0.2) is 4.39 Å². The maximum absolute atomic E-state index is 13.0. The summed E-state index contributed by atoms with van der Waals surface area (Å²) in [6, 6.07) is 4.54. The summed E-state index contributed by atoms with van der Waals surface area (Å²) in [5.74, 6) is -0.304. The van der Waals surface area contributed by atoms with Crippen molar-refractivity contribution in [1.29, 1.82) is 0 Å². The summed E-state index contributed by atoms with van der Waals surface area (Å²) >= 11 is 5.76. The Morgan fingerprint density at radius 2 is 2.06 bits per heavy atom. The molecule has 0 saturated carbocycles. The lowest BCUT2D eigenvalue weighted by molar-refractivity contribution is 0.0695. The maximum atomic E-state index is 13.0. The van der Waals surface area contributed by atoms with Crippen LogP contribution < -0.4 is 5.32 Å². The van der Waals surface area contributed by atoms with Crippen molar-refractivity contribution in [1.82, 2.24) is 5.32 Å². The van der Waals surface area contributed by atoms with Crippen molar-refractivity contribution in [2.45, 2.75) is 13.0 Å². The molecule has 0 aromatic heterocycles. The van der Waals surface area contributed by atoms with Crippen LogP contribution in [-0.2, 0) is 16.0 Å². The lowest BCUT2D eigenvalue weighted by Crippen LogP contribution is -2.17. The fraction of sp³-hybridized carbons (Fsp3) is 0.538. The molecule has 102 valence electrons. The molecule has 0 bridgehead atoms. The molecule has 0 heterocycles. The highest BCUT2D eigenvalue weighted by Gasteiger charge is 1.99. The minimum atomic E-state index is -0.304. The SMILES string of the molecule is COCCOCCCNCc1cc(F)cc(Cl)c1. The molecule has 0 atom stereocenters. The topological polar surface area (TPSA) is 30.5 Å². The normalized spacial score (nSPS) is 10.8. The van der Waals surface area contributed by atoms with Gasteiger partial charge in [0.15, 0.2) is 0 Å². The molecule has 0 unspecified atom stereocenters. The Labute approximate surface area is 112 Å². The van der Waals surface area contributed by atoms with Gasteiger partial charge < -0.3 is 14.8 Å². The van der Waals surface area contributed by atoms with Gasteiger partial charge in [-0.1, -0.05) is 11.6 Å². The highest BCUT2D eigenvalue weighted by molar-refractivity contribution is 6.30. The van der Waals surface area contributed by atoms with Crippen LogP contribution in [0.15, 0.2) is 18.2 Å². The van der Waals surface area contributed by atoms with Gasteiger partial charge in [-0.05, 0) is 36.7 Å². The Bertz CT molecular complexity index is 330. The monoisotopic (exact) mass is 275 g/mol. The van der Waals surface area contributed by atoms with Crippen molar-refractivity contribution < 1.29 is 13.9 Å². The van der Waals surface area contributed by atoms with Crippen LogP contribution in [-0.4, -0.2) is 33.5 Å². The summed E-state index contributed by atoms with van der Waals surface area (Å²) in [6.07, 6.45) is 0.909. The van der Waals surface area contributed by atoms with Crippen LogP contribution >= 0.6 is 11.6 Å². The second-order valence-electron chi connectivity index (χ2n) is 3.91. The summed E-state index contributed by atoms with van der Waals surface area (Å²) < 4.78 is 23.2. The van der Waals surface area contributed by atoms with E-state index in [4.69, 9.17) is 21.1 Å². The van der Waals surface area contributed by atoms with Crippen molar-refractivity contribution in [3.05, 3.63) is 34.6 Å². The number of nitrogens with one attached hydrogen (secondary N) is 1. The van der Waals surface area contributed by atoms with Crippen LogP contribution in [0.4, 0.5) is 4.39 Å². The smallest absolute Gasteiger partial charge is 0.125 e. The first-order valence-corrected chi connectivity index (χ1v) is 6.32. The standard InChI is InChI=1S/C13H19ClFNO2/c1-17-5-6-18-4-2-3-16-10-11-7-12(14)9-13(15)8-11/h7-9,16H,2-6,10H2,1H3. The Morgan fingerprint density at radius 1 is 1.22 bits per heavy atom. The zero-order chi connectivity index (χ0) is 13.2. The Balaban J connectivity index is 2.07. The van der Waals surface area contributed by atoms with Crippen LogP contribution in [0.1, 0.15) is 12.0 Å². The van der Waals surface area contributed by atoms with Gasteiger partial charge in [-0.15, -0.1) is 0 Å². The van der Waals surface area contributed by atoms with Crippen LogP contribution in [0.3, 0.4) is 0 Å². The van der Waals surface area contributed by atoms with E-state index < -0.39 is 0 Å². The van der Waals surface area contributed by atoms with Crippen molar-refractivity contribution in [2.24, 2.45) is 0 Å². The second kappa shape index (κ2) is 9.28. The van der Waals surface area contributed by atoms with Gasteiger partial charge >= 0.3 is 0 Å². The molecule has 1 rings (SSSR count). The van der Waals surface area contributed by atoms with Crippen LogP contribution in [0.25, 0.3) is 0 Å². The van der Waals surface area contributed by atoms with E-state index in [1.165, 1.54) is 12.1 Å². The van der Waals surface area contributed by atoms with E-state index in [0.717, 1.165) is 18.5 Å². The van der Waals surface area contributed by atoms with Crippen LogP contribution in [0.2, 0.25) is 5.02 Å². The maximum Gasteiger partial charge on any atom is 0.125 e. The minimum absolute atomic E-state index is 0.304. The zero-order valence-electron chi connectivity index (χ0n) is 10.5. The third kappa shape index (κ3) is 6.91. The summed E-state index contributed by atoms with van der Waals surface area (Å²) in [4.78, 5) is 0. The van der Waals surface area contributed by atoms with Gasteiger partial charge in [0.2, 0.25) is 0 Å². The van der Waals surface area contributed by atoms with E-state index >= 15 is 0 Å². The fourth-order valence-corrected chi connectivity index (χ4v) is 1.73. The van der Waals surface area contributed by atoms with E-state index in [0.29, 0.717) is 31.4 Å². The van der Waals surface area contributed by atoms with Gasteiger partial charge in [-0.2, -0.15) is 0 Å². The molecule has 0 saturated heterocycles. The van der Waals surface area contributed by atoms with E-state index in [1.807, 2.05) is 0 Å². The molecule has 1 N–H and O–H groups in total. The molecule has 0 spiro atoms. The molecule has 1 aromatic carbocycles. The molecule has 0 aliphatic rings. The van der Waals surface area contributed by atoms with E-state index in [9.17, 15) is 4.39 Å². The van der Waals surface area contributed by atoms with Gasteiger partial charge in [0.1, 0.15) is 5.82 Å². The number of methoxy groups -OCH3 is 1. The number of benzene rings is 1. The highest BCUT2D eigenvalue weighted by atomic mass is 35.5. The number of halogens is 2. The van der Waals surface area contributed by atoms with E-state index in [1.54, 1.807) is 13.2 Å². The average Bonchev–Trinajstić information content (AvgIpc) is 2.31. The van der Waals surface area contributed by atoms with Gasteiger partial charge in [-0.3, -0.25) is 0 Å². The fourth-order valence-electron chi connectivity index (χ4n) is 1.49. The highest BCUT2D eigenvalue weighted by Crippen LogP contribution is 2.13. The molecule has 0 amide bonds. The Hall–Kier alpha value is -0.680. The number of ether oxygens (including phenoxy) is 2. The van der Waals surface area contributed by atoms with Gasteiger partial charge in [0.25, 0.3) is 0 Å². The van der Waals surface area contributed by atoms with Gasteiger partial charge in [0, 0.05) is 25.3 Å². The summed E-state index contributed by atoms with van der Waals surface area (Å²) in [6.45, 7) is 3.36. The van der Waals surface area contributed by atoms with Gasteiger partial charge in [0.05, 0.1) is 13.2 Å². The lowest BCUT2D eigenvalue weighted by atomic mass is 10.2. The first-order valence-electron chi connectivity index (χ1n) is 5.94. The lowest BCUT2D eigenvalue weighted by Gasteiger charge is -2.06. The zero-order valence-corrected chi connectivity index (χ0v) is 11.3. The number of hydrogen-bond acceptors (Lipinski definition) is 3. The number of rotatable bonds is 9. The molecular weight excluding hydrogens is 257 g/mol. The third-order valence-corrected chi connectivity index (χ3v) is 2.54. The predicted molar refractivity (Wildman–Crippen MR) is 70.4 cm³/mol. The molecule has 0 aliphatic carbocycles. The second-order valence-corrected chi connectivity index (χ2v) is 4.35. The van der Waals surface area contributed by atoms with Crippen molar-refractivity contribution in [3.63, 3.8) is 0 Å². The first kappa shape index (κ1) is 15.4. The quantitative estimate of drug-likeness (QED) is 0.703.